The van der Waals surface area contributed by atoms with Crippen LogP contribution in [0.15, 0.2) is 84.5 Å². The van der Waals surface area contributed by atoms with E-state index < -0.39 is 0 Å². The van der Waals surface area contributed by atoms with E-state index in [1.807, 2.05) is 0 Å². The summed E-state index contributed by atoms with van der Waals surface area (Å²) in [4.78, 5) is 0. The first-order valence-electron chi connectivity index (χ1n) is 7.82. The van der Waals surface area contributed by atoms with Crippen LogP contribution in [0.3, 0.4) is 0 Å². The summed E-state index contributed by atoms with van der Waals surface area (Å²) in [5.74, 6) is 0. The third kappa shape index (κ3) is 2.37. The molecule has 0 amide bonds. The molecule has 22 heavy (non-hydrogen) atoms. The van der Waals surface area contributed by atoms with Gasteiger partial charge in [0.05, 0.1) is 0 Å². The second-order valence-electron chi connectivity index (χ2n) is 5.79. The lowest BCUT2D eigenvalue weighted by molar-refractivity contribution is 1.23. The van der Waals surface area contributed by atoms with Gasteiger partial charge in [-0.25, -0.2) is 0 Å². The first kappa shape index (κ1) is 13.1. The number of fused-ring (bicyclic) bond motifs is 1. The monoisotopic (exact) mass is 282 g/mol. The summed E-state index contributed by atoms with van der Waals surface area (Å²) in [6, 6.07) is 19.4. The van der Waals surface area contributed by atoms with E-state index in [0.717, 1.165) is 12.8 Å². The fraction of sp³-hybridized carbons (Fsp3) is 0.0909. The quantitative estimate of drug-likeness (QED) is 0.610. The second-order valence-corrected chi connectivity index (χ2v) is 5.79. The standard InChI is InChI=1S/C22H18/c1-2-8-17(9-3-1)19-12-6-13-20(16-19)22-15-7-11-18-10-4-5-14-21(18)22/h1-14H,15-16H2. The average molecular weight is 282 g/mol. The minimum absolute atomic E-state index is 1.01. The molecule has 2 aliphatic rings. The van der Waals surface area contributed by atoms with Crippen LogP contribution in [0.2, 0.25) is 0 Å². The lowest BCUT2D eigenvalue weighted by atomic mass is 9.84. The molecule has 0 saturated heterocycles. The first-order chi connectivity index (χ1) is 10.9. The van der Waals surface area contributed by atoms with Gasteiger partial charge in [-0.05, 0) is 46.3 Å². The zero-order valence-electron chi connectivity index (χ0n) is 12.5. The SMILES string of the molecule is C1=CC(=C2CC=Cc3ccccc32)CC(c2ccccc2)=C1. The average Bonchev–Trinajstić information content (AvgIpc) is 2.62. The van der Waals surface area contributed by atoms with E-state index in [1.165, 1.54) is 33.4 Å². The number of hydrogen-bond donors (Lipinski definition) is 0. The molecule has 0 spiro atoms. The molecule has 4 rings (SSSR count). The van der Waals surface area contributed by atoms with Crippen molar-refractivity contribution >= 4 is 17.2 Å². The topological polar surface area (TPSA) is 0 Å². The van der Waals surface area contributed by atoms with Crippen LogP contribution in [0.5, 0.6) is 0 Å². The highest BCUT2D eigenvalue weighted by Crippen LogP contribution is 2.37. The largest absolute Gasteiger partial charge is 0.0795 e. The van der Waals surface area contributed by atoms with E-state index in [0.29, 0.717) is 0 Å². The molecule has 0 radical (unpaired) electrons. The van der Waals surface area contributed by atoms with Crippen molar-refractivity contribution in [3.05, 3.63) is 101 Å². The fourth-order valence-corrected chi connectivity index (χ4v) is 3.30. The Morgan fingerprint density at radius 2 is 1.59 bits per heavy atom. The Morgan fingerprint density at radius 1 is 0.773 bits per heavy atom. The van der Waals surface area contributed by atoms with Crippen LogP contribution in [-0.4, -0.2) is 0 Å². The van der Waals surface area contributed by atoms with Gasteiger partial charge in [-0.3, -0.25) is 0 Å². The lowest BCUT2D eigenvalue weighted by Gasteiger charge is -2.20. The minimum Gasteiger partial charge on any atom is -0.0795 e. The fourth-order valence-electron chi connectivity index (χ4n) is 3.30. The predicted octanol–water partition coefficient (Wildman–Crippen LogP) is 5.90. The maximum absolute atomic E-state index is 2.28. The number of rotatable bonds is 1. The van der Waals surface area contributed by atoms with Crippen molar-refractivity contribution in [2.75, 3.05) is 0 Å². The van der Waals surface area contributed by atoms with Crippen molar-refractivity contribution in [1.29, 1.82) is 0 Å². The van der Waals surface area contributed by atoms with Crippen LogP contribution in [0, 0.1) is 0 Å². The molecular weight excluding hydrogens is 264 g/mol. The summed E-state index contributed by atoms with van der Waals surface area (Å²) in [5, 5.41) is 0. The molecule has 0 unspecified atom stereocenters. The van der Waals surface area contributed by atoms with Crippen molar-refractivity contribution in [2.24, 2.45) is 0 Å². The van der Waals surface area contributed by atoms with E-state index >= 15 is 0 Å². The van der Waals surface area contributed by atoms with Crippen LogP contribution in [0.25, 0.3) is 17.2 Å². The highest BCUT2D eigenvalue weighted by molar-refractivity contribution is 5.85. The molecule has 0 atom stereocenters. The highest BCUT2D eigenvalue weighted by atomic mass is 14.2. The molecule has 106 valence electrons. The Labute approximate surface area is 131 Å². The van der Waals surface area contributed by atoms with Gasteiger partial charge in [0.25, 0.3) is 0 Å². The smallest absolute Gasteiger partial charge is 0.00168 e. The molecule has 2 aromatic carbocycles. The van der Waals surface area contributed by atoms with Gasteiger partial charge in [0.15, 0.2) is 0 Å². The normalized spacial score (nSPS) is 19.7. The van der Waals surface area contributed by atoms with Gasteiger partial charge in [-0.15, -0.1) is 0 Å². The van der Waals surface area contributed by atoms with Crippen LogP contribution in [-0.2, 0) is 0 Å². The molecular formula is C22H18. The number of allylic oxidation sites excluding steroid dienone is 7. The van der Waals surface area contributed by atoms with E-state index in [-0.39, 0.29) is 0 Å². The molecule has 0 aromatic heterocycles. The van der Waals surface area contributed by atoms with Crippen molar-refractivity contribution < 1.29 is 0 Å². The molecule has 0 bridgehead atoms. The zero-order valence-corrected chi connectivity index (χ0v) is 12.5. The molecule has 0 N–H and O–H groups in total. The molecule has 0 heterocycles. The molecule has 0 saturated carbocycles. The van der Waals surface area contributed by atoms with Gasteiger partial charge in [-0.2, -0.15) is 0 Å². The molecule has 0 nitrogen and oxygen atoms in total. The Kier molecular flexibility index (Phi) is 3.36. The molecule has 0 aliphatic heterocycles. The van der Waals surface area contributed by atoms with Gasteiger partial charge in [-0.1, -0.05) is 85.0 Å². The van der Waals surface area contributed by atoms with Gasteiger partial charge in [0, 0.05) is 0 Å². The second kappa shape index (κ2) is 5.65. The van der Waals surface area contributed by atoms with Gasteiger partial charge >= 0.3 is 0 Å². The minimum atomic E-state index is 1.01. The van der Waals surface area contributed by atoms with Gasteiger partial charge in [0.2, 0.25) is 0 Å². The summed E-state index contributed by atoms with van der Waals surface area (Å²) >= 11 is 0. The summed E-state index contributed by atoms with van der Waals surface area (Å²) in [7, 11) is 0. The zero-order chi connectivity index (χ0) is 14.8. The molecule has 2 aromatic rings. The van der Waals surface area contributed by atoms with E-state index in [9.17, 15) is 0 Å². The lowest BCUT2D eigenvalue weighted by Crippen LogP contribution is -1.99. The van der Waals surface area contributed by atoms with Crippen LogP contribution < -0.4 is 0 Å². The summed E-state index contributed by atoms with van der Waals surface area (Å²) < 4.78 is 0. The summed E-state index contributed by atoms with van der Waals surface area (Å²) in [6.07, 6.45) is 13.3. The Balaban J connectivity index is 1.75. The van der Waals surface area contributed by atoms with Crippen molar-refractivity contribution in [2.45, 2.75) is 12.8 Å². The van der Waals surface area contributed by atoms with Crippen molar-refractivity contribution in [3.63, 3.8) is 0 Å². The Morgan fingerprint density at radius 3 is 2.50 bits per heavy atom. The van der Waals surface area contributed by atoms with Gasteiger partial charge in [0.1, 0.15) is 0 Å². The van der Waals surface area contributed by atoms with Crippen LogP contribution in [0.4, 0.5) is 0 Å². The van der Waals surface area contributed by atoms with E-state index in [1.54, 1.807) is 0 Å². The highest BCUT2D eigenvalue weighted by Gasteiger charge is 2.15. The summed E-state index contributed by atoms with van der Waals surface area (Å²) in [5.41, 5.74) is 8.36. The van der Waals surface area contributed by atoms with E-state index in [2.05, 4.69) is 85.0 Å². The first-order valence-corrected chi connectivity index (χ1v) is 7.82. The van der Waals surface area contributed by atoms with Crippen LogP contribution >= 0.6 is 0 Å². The predicted molar refractivity (Wildman–Crippen MR) is 95.2 cm³/mol. The number of benzene rings is 2. The summed E-state index contributed by atoms with van der Waals surface area (Å²) in [6.45, 7) is 0. The van der Waals surface area contributed by atoms with Crippen molar-refractivity contribution in [1.82, 2.24) is 0 Å². The molecule has 0 heteroatoms. The van der Waals surface area contributed by atoms with Gasteiger partial charge < -0.3 is 0 Å². The number of hydrogen-bond acceptors (Lipinski definition) is 0. The third-order valence-electron chi connectivity index (χ3n) is 4.41. The molecule has 2 aliphatic carbocycles. The maximum Gasteiger partial charge on any atom is -0.00168 e. The van der Waals surface area contributed by atoms with Crippen LogP contribution in [0.1, 0.15) is 29.5 Å². The van der Waals surface area contributed by atoms with E-state index in [4.69, 9.17) is 0 Å². The maximum atomic E-state index is 2.28. The third-order valence-corrected chi connectivity index (χ3v) is 4.41. The Bertz CT molecular complexity index is 814. The molecule has 0 fully saturated rings. The van der Waals surface area contributed by atoms with Crippen molar-refractivity contribution in [3.8, 4) is 0 Å². The Hall–Kier alpha value is -2.60.